The highest BCUT2D eigenvalue weighted by atomic mass is 32.1. The lowest BCUT2D eigenvalue weighted by atomic mass is 9.91. The molecule has 0 fully saturated rings. The van der Waals surface area contributed by atoms with Crippen molar-refractivity contribution in [3.8, 4) is 5.75 Å². The molecule has 0 saturated carbocycles. The van der Waals surface area contributed by atoms with Crippen molar-refractivity contribution in [2.24, 2.45) is 0 Å². The second-order valence-electron chi connectivity index (χ2n) is 6.14. The summed E-state index contributed by atoms with van der Waals surface area (Å²) in [6.45, 7) is 6.01. The van der Waals surface area contributed by atoms with Gasteiger partial charge >= 0.3 is 5.97 Å². The molecule has 0 saturated heterocycles. The van der Waals surface area contributed by atoms with E-state index in [9.17, 15) is 9.59 Å². The maximum absolute atomic E-state index is 12.6. The van der Waals surface area contributed by atoms with E-state index in [0.717, 1.165) is 5.69 Å². The average Bonchev–Trinajstić information content (AvgIpc) is 3.04. The molecule has 0 aliphatic rings. The van der Waals surface area contributed by atoms with Crippen molar-refractivity contribution >= 4 is 28.9 Å². The van der Waals surface area contributed by atoms with E-state index >= 15 is 0 Å². The fourth-order valence-electron chi connectivity index (χ4n) is 2.16. The van der Waals surface area contributed by atoms with Crippen LogP contribution in [0.15, 0.2) is 23.7 Å². The molecule has 24 heavy (non-hydrogen) atoms. The Kier molecular flexibility index (Phi) is 5.23. The minimum absolute atomic E-state index is 0.231. The van der Waals surface area contributed by atoms with Crippen LogP contribution < -0.4 is 10.1 Å². The van der Waals surface area contributed by atoms with Crippen LogP contribution in [0.2, 0.25) is 0 Å². The lowest BCUT2D eigenvalue weighted by Gasteiger charge is -2.17. The summed E-state index contributed by atoms with van der Waals surface area (Å²) in [7, 11) is 2.78. The van der Waals surface area contributed by atoms with Gasteiger partial charge < -0.3 is 14.8 Å². The van der Waals surface area contributed by atoms with Gasteiger partial charge in [-0.2, -0.15) is 0 Å². The van der Waals surface area contributed by atoms with Gasteiger partial charge in [0.05, 0.1) is 36.7 Å². The molecule has 2 rings (SSSR count). The van der Waals surface area contributed by atoms with Gasteiger partial charge in [0, 0.05) is 5.41 Å². The van der Waals surface area contributed by atoms with Gasteiger partial charge in [-0.3, -0.25) is 4.79 Å². The monoisotopic (exact) mass is 348 g/mol. The maximum atomic E-state index is 12.6. The number of nitrogens with one attached hydrogen (secondary N) is 1. The molecule has 0 radical (unpaired) electrons. The number of nitrogens with zero attached hydrogens (tertiary/aromatic N) is 1. The zero-order valence-corrected chi connectivity index (χ0v) is 15.1. The Hall–Kier alpha value is -2.41. The first-order chi connectivity index (χ1) is 11.3. The Labute approximate surface area is 144 Å². The van der Waals surface area contributed by atoms with Gasteiger partial charge in [0.15, 0.2) is 0 Å². The maximum Gasteiger partial charge on any atom is 0.337 e. The zero-order valence-electron chi connectivity index (χ0n) is 14.3. The smallest absolute Gasteiger partial charge is 0.337 e. The molecular weight excluding hydrogens is 328 g/mol. The van der Waals surface area contributed by atoms with E-state index in [1.165, 1.54) is 31.6 Å². The van der Waals surface area contributed by atoms with Crippen molar-refractivity contribution in [3.63, 3.8) is 0 Å². The molecule has 128 valence electrons. The Morgan fingerprint density at radius 3 is 2.50 bits per heavy atom. The molecule has 1 aromatic heterocycles. The average molecular weight is 348 g/mol. The number of esters is 1. The van der Waals surface area contributed by atoms with Crippen LogP contribution in [-0.4, -0.2) is 31.1 Å². The number of carbonyl (C=O) groups excluding carboxylic acids is 2. The van der Waals surface area contributed by atoms with Crippen LogP contribution in [0.3, 0.4) is 0 Å². The highest BCUT2D eigenvalue weighted by Gasteiger charge is 2.25. The predicted octanol–water partition coefficient (Wildman–Crippen LogP) is 3.49. The first-order valence-electron chi connectivity index (χ1n) is 7.29. The van der Waals surface area contributed by atoms with Gasteiger partial charge in [0.2, 0.25) is 0 Å². The van der Waals surface area contributed by atoms with Gasteiger partial charge in [-0.15, -0.1) is 11.3 Å². The first kappa shape index (κ1) is 17.9. The van der Waals surface area contributed by atoms with Crippen molar-refractivity contribution in [1.82, 2.24) is 4.98 Å². The summed E-state index contributed by atoms with van der Waals surface area (Å²) in [5.74, 6) is -0.344. The van der Waals surface area contributed by atoms with Crippen molar-refractivity contribution in [2.75, 3.05) is 19.5 Å². The van der Waals surface area contributed by atoms with Crippen molar-refractivity contribution in [3.05, 3.63) is 39.8 Å². The molecule has 0 atom stereocenters. The van der Waals surface area contributed by atoms with Crippen LogP contribution in [0.5, 0.6) is 5.75 Å². The predicted molar refractivity (Wildman–Crippen MR) is 93.1 cm³/mol. The summed E-state index contributed by atoms with van der Waals surface area (Å²) in [6, 6.07) is 4.71. The normalized spacial score (nSPS) is 11.0. The summed E-state index contributed by atoms with van der Waals surface area (Å²) < 4.78 is 9.94. The third-order valence-electron chi connectivity index (χ3n) is 3.35. The highest BCUT2D eigenvalue weighted by Crippen LogP contribution is 2.30. The second-order valence-corrected chi connectivity index (χ2v) is 7.00. The Balaban J connectivity index is 2.30. The van der Waals surface area contributed by atoms with Crippen LogP contribution >= 0.6 is 11.3 Å². The molecule has 0 bridgehead atoms. The van der Waals surface area contributed by atoms with Gasteiger partial charge in [-0.1, -0.05) is 20.8 Å². The third kappa shape index (κ3) is 3.73. The minimum Gasteiger partial charge on any atom is -0.495 e. The van der Waals surface area contributed by atoms with Crippen LogP contribution in [0.4, 0.5) is 5.69 Å². The standard InChI is InChI=1S/C17H20N2O4S/c1-17(2,3)14-13(24-9-18-14)15(20)19-11-7-6-10(16(21)23-5)8-12(11)22-4/h6-9H,1-5H3,(H,19,20). The fourth-order valence-corrected chi connectivity index (χ4v) is 3.05. The number of thiazole rings is 1. The molecule has 0 unspecified atom stereocenters. The van der Waals surface area contributed by atoms with E-state index in [0.29, 0.717) is 21.9 Å². The molecule has 2 aromatic rings. The number of anilines is 1. The lowest BCUT2D eigenvalue weighted by Crippen LogP contribution is -2.20. The molecule has 6 nitrogen and oxygen atoms in total. The number of hydrogen-bond donors (Lipinski definition) is 1. The molecule has 1 heterocycles. The quantitative estimate of drug-likeness (QED) is 0.856. The summed E-state index contributed by atoms with van der Waals surface area (Å²) in [4.78, 5) is 29.0. The number of benzene rings is 1. The summed E-state index contributed by atoms with van der Waals surface area (Å²) in [5.41, 5.74) is 3.00. The molecular formula is C17H20N2O4S. The molecule has 0 aliphatic carbocycles. The number of carbonyl (C=O) groups is 2. The van der Waals surface area contributed by atoms with Crippen LogP contribution in [0, 0.1) is 0 Å². The largest absolute Gasteiger partial charge is 0.495 e. The SMILES string of the molecule is COC(=O)c1ccc(NC(=O)c2scnc2C(C)(C)C)c(OC)c1. The van der Waals surface area contributed by atoms with E-state index in [1.807, 2.05) is 20.8 Å². The number of methoxy groups -OCH3 is 2. The third-order valence-corrected chi connectivity index (χ3v) is 4.18. The van der Waals surface area contributed by atoms with Gasteiger partial charge in [0.1, 0.15) is 10.6 Å². The molecule has 0 aliphatic heterocycles. The van der Waals surface area contributed by atoms with Crippen molar-refractivity contribution in [2.45, 2.75) is 26.2 Å². The fraction of sp³-hybridized carbons (Fsp3) is 0.353. The zero-order chi connectivity index (χ0) is 17.9. The lowest BCUT2D eigenvalue weighted by molar-refractivity contribution is 0.0600. The van der Waals surface area contributed by atoms with E-state index in [-0.39, 0.29) is 11.3 Å². The van der Waals surface area contributed by atoms with Crippen LogP contribution in [0.1, 0.15) is 46.5 Å². The molecule has 0 spiro atoms. The summed E-state index contributed by atoms with van der Waals surface area (Å²) >= 11 is 1.29. The Morgan fingerprint density at radius 2 is 1.92 bits per heavy atom. The summed E-state index contributed by atoms with van der Waals surface area (Å²) in [6.07, 6.45) is 0. The van der Waals surface area contributed by atoms with Crippen molar-refractivity contribution < 1.29 is 19.1 Å². The number of hydrogen-bond acceptors (Lipinski definition) is 6. The van der Waals surface area contributed by atoms with E-state index in [1.54, 1.807) is 17.6 Å². The van der Waals surface area contributed by atoms with E-state index in [2.05, 4.69) is 15.0 Å². The van der Waals surface area contributed by atoms with Crippen LogP contribution in [0.25, 0.3) is 0 Å². The van der Waals surface area contributed by atoms with E-state index in [4.69, 9.17) is 4.74 Å². The molecule has 1 N–H and O–H groups in total. The minimum atomic E-state index is -0.469. The highest BCUT2D eigenvalue weighted by molar-refractivity contribution is 7.12. The van der Waals surface area contributed by atoms with Crippen molar-refractivity contribution in [1.29, 1.82) is 0 Å². The Morgan fingerprint density at radius 1 is 1.21 bits per heavy atom. The van der Waals surface area contributed by atoms with Gasteiger partial charge in [0.25, 0.3) is 5.91 Å². The molecule has 1 amide bonds. The number of ether oxygens (including phenoxy) is 2. The van der Waals surface area contributed by atoms with Gasteiger partial charge in [-0.25, -0.2) is 9.78 Å². The number of amides is 1. The number of rotatable bonds is 4. The Bertz CT molecular complexity index is 762. The number of aromatic nitrogens is 1. The molecule has 1 aromatic carbocycles. The first-order valence-corrected chi connectivity index (χ1v) is 8.17. The van der Waals surface area contributed by atoms with Gasteiger partial charge in [-0.05, 0) is 18.2 Å². The van der Waals surface area contributed by atoms with Crippen LogP contribution in [-0.2, 0) is 10.2 Å². The molecule has 7 heteroatoms. The topological polar surface area (TPSA) is 77.5 Å². The van der Waals surface area contributed by atoms with E-state index < -0.39 is 5.97 Å². The second kappa shape index (κ2) is 7.00. The summed E-state index contributed by atoms with van der Waals surface area (Å²) in [5, 5.41) is 2.81.